The van der Waals surface area contributed by atoms with Crippen LogP contribution in [0.25, 0.3) is 0 Å². The van der Waals surface area contributed by atoms with Gasteiger partial charge in [0.1, 0.15) is 0 Å². The molecule has 3 heterocycles. The standard InChI is InChI=1S/C18H29N5O/c24-18(22-13-16-2-1-3-17(16)14-22)12-15-4-8-21(9-5-15)10-11-23-19-6-7-20-23/h6-7,15-17H,1-5,8-14H2. The molecule has 3 fully saturated rings. The van der Waals surface area contributed by atoms with Gasteiger partial charge in [0.05, 0.1) is 18.9 Å². The number of likely N-dealkylation sites (tertiary alicyclic amines) is 2. The third-order valence-corrected chi connectivity index (χ3v) is 6.33. The van der Waals surface area contributed by atoms with Crippen LogP contribution in [-0.2, 0) is 11.3 Å². The van der Waals surface area contributed by atoms with Crippen LogP contribution < -0.4 is 0 Å². The molecular formula is C18H29N5O. The summed E-state index contributed by atoms with van der Waals surface area (Å²) >= 11 is 0. The Kier molecular flexibility index (Phi) is 4.83. The molecular weight excluding hydrogens is 302 g/mol. The molecule has 6 nitrogen and oxygen atoms in total. The summed E-state index contributed by atoms with van der Waals surface area (Å²) in [6.07, 6.45) is 10.6. The van der Waals surface area contributed by atoms with Gasteiger partial charge in [0.25, 0.3) is 0 Å². The Morgan fingerprint density at radius 1 is 0.958 bits per heavy atom. The van der Waals surface area contributed by atoms with Crippen LogP contribution >= 0.6 is 0 Å². The Morgan fingerprint density at radius 3 is 2.29 bits per heavy atom. The van der Waals surface area contributed by atoms with Crippen molar-refractivity contribution in [1.29, 1.82) is 0 Å². The van der Waals surface area contributed by atoms with E-state index in [9.17, 15) is 4.79 Å². The molecule has 0 spiro atoms. The molecule has 2 saturated heterocycles. The quantitative estimate of drug-likeness (QED) is 0.823. The van der Waals surface area contributed by atoms with Crippen molar-refractivity contribution in [2.45, 2.75) is 45.1 Å². The van der Waals surface area contributed by atoms with Crippen LogP contribution in [0.3, 0.4) is 0 Å². The van der Waals surface area contributed by atoms with Crippen molar-refractivity contribution < 1.29 is 4.79 Å². The Bertz CT molecular complexity index is 526. The van der Waals surface area contributed by atoms with E-state index in [1.807, 2.05) is 0 Å². The van der Waals surface area contributed by atoms with Crippen molar-refractivity contribution in [3.05, 3.63) is 12.4 Å². The fourth-order valence-electron chi connectivity index (χ4n) is 4.82. The van der Waals surface area contributed by atoms with Gasteiger partial charge < -0.3 is 9.80 Å². The first-order valence-electron chi connectivity index (χ1n) is 9.62. The number of rotatable bonds is 5. The number of hydrogen-bond acceptors (Lipinski definition) is 4. The van der Waals surface area contributed by atoms with E-state index < -0.39 is 0 Å². The van der Waals surface area contributed by atoms with Gasteiger partial charge in [-0.3, -0.25) is 4.79 Å². The molecule has 0 aromatic carbocycles. The molecule has 2 unspecified atom stereocenters. The fourth-order valence-corrected chi connectivity index (χ4v) is 4.82. The molecule has 0 radical (unpaired) electrons. The van der Waals surface area contributed by atoms with E-state index in [0.717, 1.165) is 70.4 Å². The lowest BCUT2D eigenvalue weighted by Crippen LogP contribution is -2.38. The van der Waals surface area contributed by atoms with Crippen molar-refractivity contribution in [3.8, 4) is 0 Å². The number of amides is 1. The maximum Gasteiger partial charge on any atom is 0.222 e. The monoisotopic (exact) mass is 331 g/mol. The maximum atomic E-state index is 12.6. The van der Waals surface area contributed by atoms with E-state index in [2.05, 4.69) is 20.0 Å². The fraction of sp³-hybridized carbons (Fsp3) is 0.833. The predicted molar refractivity (Wildman–Crippen MR) is 91.2 cm³/mol. The van der Waals surface area contributed by atoms with Crippen molar-refractivity contribution in [2.24, 2.45) is 17.8 Å². The molecule has 1 aromatic rings. The van der Waals surface area contributed by atoms with E-state index in [0.29, 0.717) is 11.8 Å². The van der Waals surface area contributed by atoms with Gasteiger partial charge >= 0.3 is 0 Å². The van der Waals surface area contributed by atoms with Crippen LogP contribution in [-0.4, -0.2) is 63.4 Å². The van der Waals surface area contributed by atoms with E-state index in [1.165, 1.54) is 19.3 Å². The van der Waals surface area contributed by atoms with Crippen molar-refractivity contribution in [3.63, 3.8) is 0 Å². The second kappa shape index (κ2) is 7.21. The van der Waals surface area contributed by atoms with Gasteiger partial charge in [-0.25, -0.2) is 0 Å². The van der Waals surface area contributed by atoms with Crippen molar-refractivity contribution in [1.82, 2.24) is 24.8 Å². The summed E-state index contributed by atoms with van der Waals surface area (Å²) in [5.41, 5.74) is 0. The lowest BCUT2D eigenvalue weighted by molar-refractivity contribution is -0.131. The third-order valence-electron chi connectivity index (χ3n) is 6.33. The van der Waals surface area contributed by atoms with E-state index >= 15 is 0 Å². The number of piperidine rings is 1. The van der Waals surface area contributed by atoms with E-state index in [4.69, 9.17) is 0 Å². The summed E-state index contributed by atoms with van der Waals surface area (Å²) in [7, 11) is 0. The molecule has 6 heteroatoms. The first-order valence-corrected chi connectivity index (χ1v) is 9.62. The van der Waals surface area contributed by atoms with Crippen LogP contribution in [0.15, 0.2) is 12.4 Å². The van der Waals surface area contributed by atoms with Gasteiger partial charge in [-0.05, 0) is 56.5 Å². The van der Waals surface area contributed by atoms with Gasteiger partial charge in [-0.2, -0.15) is 15.0 Å². The number of aromatic nitrogens is 3. The molecule has 1 saturated carbocycles. The minimum absolute atomic E-state index is 0.420. The van der Waals surface area contributed by atoms with Gasteiger partial charge in [-0.1, -0.05) is 6.42 Å². The average molecular weight is 331 g/mol. The molecule has 2 atom stereocenters. The third kappa shape index (κ3) is 3.63. The number of carbonyl (C=O) groups excluding carboxylic acids is 1. The van der Waals surface area contributed by atoms with Crippen molar-refractivity contribution in [2.75, 3.05) is 32.7 Å². The molecule has 0 N–H and O–H groups in total. The van der Waals surface area contributed by atoms with Crippen LogP contribution in [0.2, 0.25) is 0 Å². The molecule has 132 valence electrons. The van der Waals surface area contributed by atoms with E-state index in [1.54, 1.807) is 17.2 Å². The highest BCUT2D eigenvalue weighted by Crippen LogP contribution is 2.38. The molecule has 1 aliphatic carbocycles. The largest absolute Gasteiger partial charge is 0.342 e. The lowest BCUT2D eigenvalue weighted by atomic mass is 9.93. The zero-order valence-corrected chi connectivity index (χ0v) is 14.5. The minimum Gasteiger partial charge on any atom is -0.342 e. The smallest absolute Gasteiger partial charge is 0.222 e. The minimum atomic E-state index is 0.420. The predicted octanol–water partition coefficient (Wildman–Crippen LogP) is 1.64. The zero-order chi connectivity index (χ0) is 16.4. The topological polar surface area (TPSA) is 54.3 Å². The Hall–Kier alpha value is -1.43. The Labute approximate surface area is 144 Å². The lowest BCUT2D eigenvalue weighted by Gasteiger charge is -2.32. The summed E-state index contributed by atoms with van der Waals surface area (Å²) in [6, 6.07) is 0. The van der Waals surface area contributed by atoms with Crippen LogP contribution in [0.4, 0.5) is 0 Å². The van der Waals surface area contributed by atoms with Crippen LogP contribution in [0, 0.1) is 17.8 Å². The van der Waals surface area contributed by atoms with Gasteiger partial charge in [0.2, 0.25) is 5.91 Å². The molecule has 1 amide bonds. The number of nitrogens with zero attached hydrogens (tertiary/aromatic N) is 5. The summed E-state index contributed by atoms with van der Waals surface area (Å²) < 4.78 is 0. The zero-order valence-electron chi connectivity index (χ0n) is 14.5. The van der Waals surface area contributed by atoms with Crippen LogP contribution in [0.5, 0.6) is 0 Å². The summed E-state index contributed by atoms with van der Waals surface area (Å²) in [5, 5.41) is 8.30. The Morgan fingerprint density at radius 2 is 1.62 bits per heavy atom. The van der Waals surface area contributed by atoms with Crippen LogP contribution in [0.1, 0.15) is 38.5 Å². The molecule has 24 heavy (non-hydrogen) atoms. The Balaban J connectivity index is 1.17. The maximum absolute atomic E-state index is 12.6. The average Bonchev–Trinajstić information content (AvgIpc) is 3.31. The summed E-state index contributed by atoms with van der Waals surface area (Å²) in [6.45, 7) is 6.14. The summed E-state index contributed by atoms with van der Waals surface area (Å²) in [4.78, 5) is 19.0. The van der Waals surface area contributed by atoms with Gasteiger partial charge in [0, 0.05) is 26.1 Å². The molecule has 0 bridgehead atoms. The van der Waals surface area contributed by atoms with Gasteiger partial charge in [0.15, 0.2) is 0 Å². The highest BCUT2D eigenvalue weighted by molar-refractivity contribution is 5.76. The van der Waals surface area contributed by atoms with Crippen molar-refractivity contribution >= 4 is 5.91 Å². The first kappa shape index (κ1) is 16.1. The highest BCUT2D eigenvalue weighted by atomic mass is 16.2. The molecule has 4 rings (SSSR count). The first-order chi connectivity index (χ1) is 11.8. The number of hydrogen-bond donors (Lipinski definition) is 0. The second-order valence-corrected chi connectivity index (χ2v) is 7.86. The summed E-state index contributed by atoms with van der Waals surface area (Å²) in [5.74, 6) is 2.62. The van der Waals surface area contributed by atoms with Gasteiger partial charge in [-0.15, -0.1) is 0 Å². The molecule has 2 aliphatic heterocycles. The molecule has 3 aliphatic rings. The number of fused-ring (bicyclic) bond motifs is 1. The second-order valence-electron chi connectivity index (χ2n) is 7.86. The normalized spacial score (nSPS) is 28.4. The SMILES string of the molecule is O=C(CC1CCN(CCn2nccn2)CC1)N1CC2CCCC2C1. The molecule has 1 aromatic heterocycles. The highest BCUT2D eigenvalue weighted by Gasteiger charge is 2.38. The number of carbonyl (C=O) groups is 1. The van der Waals surface area contributed by atoms with E-state index in [-0.39, 0.29) is 0 Å².